The number of rotatable bonds is 15. The summed E-state index contributed by atoms with van der Waals surface area (Å²) in [6, 6.07) is 23.3. The average molecular weight is 1020 g/mol. The van der Waals surface area contributed by atoms with Crippen molar-refractivity contribution in [3.05, 3.63) is 130 Å². The van der Waals surface area contributed by atoms with E-state index in [1.54, 1.807) is 0 Å². The third-order valence-corrected chi connectivity index (χ3v) is 17.1. The van der Waals surface area contributed by atoms with Crippen molar-refractivity contribution in [3.63, 3.8) is 0 Å². The van der Waals surface area contributed by atoms with Gasteiger partial charge in [-0.05, 0) is 122 Å². The van der Waals surface area contributed by atoms with Crippen molar-refractivity contribution >= 4 is 66.9 Å². The highest BCUT2D eigenvalue weighted by Crippen LogP contribution is 2.46. The summed E-state index contributed by atoms with van der Waals surface area (Å²) in [5, 5.41) is 27.7. The highest BCUT2D eigenvalue weighted by molar-refractivity contribution is 7.22. The lowest BCUT2D eigenvalue weighted by Gasteiger charge is -2.41. The molecule has 6 heterocycles. The fourth-order valence-electron chi connectivity index (χ4n) is 11.8. The molecule has 15 nitrogen and oxygen atoms in total. The largest absolute Gasteiger partial charge is 0.439 e. The zero-order valence-corrected chi connectivity index (χ0v) is 43.1. The molecule has 16 heteroatoms. The Morgan fingerprint density at radius 2 is 1.72 bits per heavy atom. The standard InChI is InChI=1S/C58H66N8O7S/c1-58(2)44(42-21-24-50(61-53(42)56(70)71)66-28-26-37-10-7-11-41(43(37)34-66)55(69)63-57-60-46-13-3-4-14-48(46)74-57)12-8-15-49(58)72-39-19-16-36(17-20-39)9-5-6-27-64-29-31-65(32-30-64)35-52-59-45-23-18-38(33-47(45)73-52)40-22-25-51(67)62-54(40)68/h3-4,7-8,10-15,18,21,23-24,33,36,39-40,49,56,70-71H,5-6,9,16-17,19-20,22,25-32,34-35H2,1-2H3,(H,60,63,69)(H,62,67,68). The number of carbonyl (C=O) groups is 3. The predicted molar refractivity (Wildman–Crippen MR) is 286 cm³/mol. The molecular formula is C58H66N8O7S. The van der Waals surface area contributed by atoms with Crippen LogP contribution in [0.15, 0.2) is 95.4 Å². The minimum atomic E-state index is -1.79. The van der Waals surface area contributed by atoms with Crippen LogP contribution in [0.5, 0.6) is 0 Å². The van der Waals surface area contributed by atoms with Gasteiger partial charge in [0.15, 0.2) is 17.0 Å². The van der Waals surface area contributed by atoms with E-state index in [1.807, 2.05) is 72.8 Å². The number of unbranched alkanes of at least 4 members (excludes halogenated alkanes) is 1. The molecule has 2 unspecified atom stereocenters. The summed E-state index contributed by atoms with van der Waals surface area (Å²) in [7, 11) is 0. The lowest BCUT2D eigenvalue weighted by Crippen LogP contribution is -2.46. The van der Waals surface area contributed by atoms with Crippen molar-refractivity contribution in [3.8, 4) is 0 Å². The first-order valence-corrected chi connectivity index (χ1v) is 27.4. The van der Waals surface area contributed by atoms with Crippen molar-refractivity contribution in [1.29, 1.82) is 0 Å². The zero-order valence-electron chi connectivity index (χ0n) is 42.3. The molecule has 5 aliphatic rings. The maximum Gasteiger partial charge on any atom is 0.257 e. The summed E-state index contributed by atoms with van der Waals surface area (Å²) < 4.78 is 14.1. The minimum Gasteiger partial charge on any atom is -0.439 e. The number of aromatic nitrogens is 3. The van der Waals surface area contributed by atoms with Crippen LogP contribution in [0.3, 0.4) is 0 Å². The number of hydrogen-bond donors (Lipinski definition) is 4. The number of aliphatic hydroxyl groups excluding tert-OH is 1. The normalized spacial score (nSPS) is 22.6. The first kappa shape index (κ1) is 50.0. The van der Waals surface area contributed by atoms with Crippen LogP contribution in [0.4, 0.5) is 10.9 Å². The van der Waals surface area contributed by atoms with Crippen LogP contribution in [0.1, 0.15) is 128 Å². The van der Waals surface area contributed by atoms with Gasteiger partial charge in [0.1, 0.15) is 17.0 Å². The van der Waals surface area contributed by atoms with Gasteiger partial charge >= 0.3 is 0 Å². The molecular weight excluding hydrogens is 953 g/mol. The molecule has 386 valence electrons. The smallest absolute Gasteiger partial charge is 0.257 e. The van der Waals surface area contributed by atoms with Crippen molar-refractivity contribution < 1.29 is 33.8 Å². The Hall–Kier alpha value is -6.14. The average Bonchev–Trinajstić information content (AvgIpc) is 4.01. The third-order valence-electron chi connectivity index (χ3n) is 16.1. The van der Waals surface area contributed by atoms with Crippen molar-refractivity contribution in [2.24, 2.45) is 11.3 Å². The van der Waals surface area contributed by atoms with Crippen LogP contribution in [0.25, 0.3) is 26.9 Å². The van der Waals surface area contributed by atoms with Crippen LogP contribution >= 0.6 is 11.3 Å². The summed E-state index contributed by atoms with van der Waals surface area (Å²) in [6.07, 6.45) is 14.1. The minimum absolute atomic E-state index is 0.166. The van der Waals surface area contributed by atoms with E-state index in [-0.39, 0.29) is 41.5 Å². The molecule has 0 spiro atoms. The van der Waals surface area contributed by atoms with Gasteiger partial charge in [-0.2, -0.15) is 0 Å². The number of benzene rings is 3. The molecule has 2 aliphatic carbocycles. The van der Waals surface area contributed by atoms with Crippen molar-refractivity contribution in [2.45, 2.75) is 116 Å². The van der Waals surface area contributed by atoms with Gasteiger partial charge < -0.3 is 29.2 Å². The number of carbonyl (C=O) groups excluding carboxylic acids is 3. The number of oxazole rings is 1. The van der Waals surface area contributed by atoms with Crippen LogP contribution < -0.4 is 15.5 Å². The second-order valence-electron chi connectivity index (χ2n) is 21.4. The van der Waals surface area contributed by atoms with E-state index in [9.17, 15) is 24.6 Å². The number of nitrogens with one attached hydrogen (secondary N) is 2. The topological polar surface area (TPSA) is 186 Å². The molecule has 2 atom stereocenters. The number of hydrogen-bond acceptors (Lipinski definition) is 14. The zero-order chi connectivity index (χ0) is 50.9. The molecule has 3 amide bonds. The summed E-state index contributed by atoms with van der Waals surface area (Å²) in [4.78, 5) is 59.1. The Morgan fingerprint density at radius 3 is 2.53 bits per heavy atom. The van der Waals surface area contributed by atoms with Gasteiger partial charge in [0.05, 0.1) is 34.9 Å². The molecule has 3 fully saturated rings. The molecule has 2 saturated heterocycles. The van der Waals surface area contributed by atoms with Crippen molar-refractivity contribution in [2.75, 3.05) is 49.5 Å². The molecule has 4 N–H and O–H groups in total. The molecule has 0 radical (unpaired) electrons. The second-order valence-corrected chi connectivity index (χ2v) is 22.4. The number of piperazine rings is 1. The predicted octanol–water partition coefficient (Wildman–Crippen LogP) is 9.06. The van der Waals surface area contributed by atoms with Gasteiger partial charge in [0.25, 0.3) is 5.91 Å². The highest BCUT2D eigenvalue weighted by Gasteiger charge is 2.39. The van der Waals surface area contributed by atoms with Gasteiger partial charge in [-0.25, -0.2) is 15.0 Å². The number of anilines is 2. The van der Waals surface area contributed by atoms with Gasteiger partial charge in [0.2, 0.25) is 17.7 Å². The molecule has 3 aromatic heterocycles. The Bertz CT molecular complexity index is 3080. The maximum absolute atomic E-state index is 13.7. The molecule has 74 heavy (non-hydrogen) atoms. The molecule has 6 aromatic rings. The Labute approximate surface area is 435 Å². The number of thiazole rings is 1. The molecule has 0 bridgehead atoms. The summed E-state index contributed by atoms with van der Waals surface area (Å²) >= 11 is 1.45. The maximum atomic E-state index is 13.7. The van der Waals surface area contributed by atoms with Crippen LogP contribution in [0, 0.1) is 11.3 Å². The van der Waals surface area contributed by atoms with Crippen LogP contribution in [-0.2, 0) is 33.8 Å². The van der Waals surface area contributed by atoms with E-state index in [4.69, 9.17) is 19.1 Å². The van der Waals surface area contributed by atoms with Gasteiger partial charge in [-0.3, -0.25) is 29.9 Å². The monoisotopic (exact) mass is 1020 g/mol. The first-order chi connectivity index (χ1) is 35.9. The van der Waals surface area contributed by atoms with E-state index in [1.165, 1.54) is 43.4 Å². The molecule has 11 rings (SSSR count). The summed E-state index contributed by atoms with van der Waals surface area (Å²) in [6.45, 7) is 11.2. The first-order valence-electron chi connectivity index (χ1n) is 26.5. The summed E-state index contributed by atoms with van der Waals surface area (Å²) in [5.41, 5.74) is 7.18. The van der Waals surface area contributed by atoms with Gasteiger partial charge in [-0.1, -0.05) is 86.6 Å². The second kappa shape index (κ2) is 21.6. The van der Waals surface area contributed by atoms with Gasteiger partial charge in [0, 0.05) is 62.2 Å². The summed E-state index contributed by atoms with van der Waals surface area (Å²) in [5.74, 6) is 1.01. The van der Waals surface area contributed by atoms with Crippen LogP contribution in [-0.4, -0.2) is 104 Å². The SMILES string of the molecule is CC1(C)C(c2ccc(N3CCc4cccc(C(=O)Nc5nc6ccccc6s5)c4C3)nc2C(O)O)=CC=CC1OC1CCC(CCCCN2CCN(Cc3nc4ccc(C5CCC(=O)NC5=O)cc4o3)CC2)CC1. The van der Waals surface area contributed by atoms with E-state index < -0.39 is 11.7 Å². The van der Waals surface area contributed by atoms with E-state index in [0.717, 1.165) is 83.6 Å². The Kier molecular flexibility index (Phi) is 14.6. The third kappa shape index (κ3) is 10.8. The highest BCUT2D eigenvalue weighted by atomic mass is 32.1. The fraction of sp³-hybridized carbons (Fsp3) is 0.448. The van der Waals surface area contributed by atoms with Crippen LogP contribution in [0.2, 0.25) is 0 Å². The van der Waals surface area contributed by atoms with E-state index >= 15 is 0 Å². The number of allylic oxidation sites excluding steroid dienone is 2. The number of aliphatic hydroxyl groups is 2. The quantitative estimate of drug-likeness (QED) is 0.0434. The molecule has 3 aliphatic heterocycles. The Morgan fingerprint density at radius 1 is 0.892 bits per heavy atom. The van der Waals surface area contributed by atoms with Crippen molar-refractivity contribution in [1.82, 2.24) is 30.1 Å². The Balaban J connectivity index is 0.628. The number of ether oxygens (including phenoxy) is 1. The lowest BCUT2D eigenvalue weighted by atomic mass is 9.72. The number of fused-ring (bicyclic) bond motifs is 3. The molecule has 3 aromatic carbocycles. The number of pyridine rings is 1. The van der Waals surface area contributed by atoms with Gasteiger partial charge in [-0.15, -0.1) is 0 Å². The fourth-order valence-corrected chi connectivity index (χ4v) is 12.7. The number of amides is 3. The lowest BCUT2D eigenvalue weighted by molar-refractivity contribution is -0.134. The number of para-hydroxylation sites is 1. The van der Waals surface area contributed by atoms with E-state index in [2.05, 4.69) is 62.4 Å². The molecule has 1 saturated carbocycles. The number of nitrogens with zero attached hydrogens (tertiary/aromatic N) is 6. The number of imide groups is 1. The van der Waals surface area contributed by atoms with E-state index in [0.29, 0.717) is 78.4 Å². The number of piperidine rings is 1.